The summed E-state index contributed by atoms with van der Waals surface area (Å²) in [5.74, 6) is 1.09. The lowest BCUT2D eigenvalue weighted by atomic mass is 10.1. The van der Waals surface area contributed by atoms with Gasteiger partial charge in [-0.15, -0.1) is 0 Å². The fourth-order valence-electron chi connectivity index (χ4n) is 2.77. The van der Waals surface area contributed by atoms with E-state index in [9.17, 15) is 9.18 Å². The summed E-state index contributed by atoms with van der Waals surface area (Å²) in [5.41, 5.74) is 0.956. The first-order valence-corrected chi connectivity index (χ1v) is 8.30. The van der Waals surface area contributed by atoms with Crippen LogP contribution in [0.25, 0.3) is 0 Å². The third-order valence-corrected chi connectivity index (χ3v) is 4.25. The number of urea groups is 1. The molecule has 5 nitrogen and oxygen atoms in total. The molecule has 1 heterocycles. The van der Waals surface area contributed by atoms with Gasteiger partial charge in [-0.05, 0) is 48.4 Å². The minimum Gasteiger partial charge on any atom is -0.457 e. The van der Waals surface area contributed by atoms with E-state index < -0.39 is 0 Å². The molecule has 0 aliphatic carbocycles. The van der Waals surface area contributed by atoms with Gasteiger partial charge in [-0.2, -0.15) is 0 Å². The minimum atomic E-state index is -0.304. The molecule has 1 saturated heterocycles. The number of aliphatic hydroxyl groups excluding tert-OH is 1. The molecule has 1 aliphatic heterocycles. The number of halogens is 1. The first-order valence-electron chi connectivity index (χ1n) is 8.30. The highest BCUT2D eigenvalue weighted by molar-refractivity contribution is 5.74. The Bertz CT molecular complexity index is 704. The summed E-state index contributed by atoms with van der Waals surface area (Å²) in [6, 6.07) is 13.1. The first-order chi connectivity index (χ1) is 12.1. The van der Waals surface area contributed by atoms with Crippen LogP contribution < -0.4 is 10.1 Å². The van der Waals surface area contributed by atoms with Gasteiger partial charge in [0.1, 0.15) is 17.3 Å². The zero-order valence-corrected chi connectivity index (χ0v) is 13.8. The molecule has 132 valence electrons. The summed E-state index contributed by atoms with van der Waals surface area (Å²) in [6.45, 7) is 1.84. The maximum atomic E-state index is 12.9. The van der Waals surface area contributed by atoms with Crippen LogP contribution in [0.4, 0.5) is 9.18 Å². The van der Waals surface area contributed by atoms with Gasteiger partial charge in [-0.25, -0.2) is 9.18 Å². The summed E-state index contributed by atoms with van der Waals surface area (Å²) < 4.78 is 18.5. The number of ether oxygens (including phenoxy) is 1. The molecule has 0 aromatic heterocycles. The number of hydrogen-bond acceptors (Lipinski definition) is 3. The van der Waals surface area contributed by atoms with E-state index in [4.69, 9.17) is 9.84 Å². The number of amides is 2. The predicted molar refractivity (Wildman–Crippen MR) is 91.9 cm³/mol. The molecular formula is C19H21FN2O3. The second kappa shape index (κ2) is 7.98. The third-order valence-electron chi connectivity index (χ3n) is 4.25. The van der Waals surface area contributed by atoms with Crippen molar-refractivity contribution in [3.63, 3.8) is 0 Å². The fourth-order valence-corrected chi connectivity index (χ4v) is 2.77. The van der Waals surface area contributed by atoms with Crippen molar-refractivity contribution in [2.45, 2.75) is 13.0 Å². The highest BCUT2D eigenvalue weighted by Crippen LogP contribution is 2.22. The second-order valence-corrected chi connectivity index (χ2v) is 6.14. The van der Waals surface area contributed by atoms with E-state index in [2.05, 4.69) is 5.32 Å². The predicted octanol–water partition coefficient (Wildman–Crippen LogP) is 3.14. The number of carbonyl (C=O) groups excluding carboxylic acids is 1. The molecule has 1 atom stereocenters. The second-order valence-electron chi connectivity index (χ2n) is 6.14. The van der Waals surface area contributed by atoms with E-state index in [-0.39, 0.29) is 24.4 Å². The molecule has 2 amide bonds. The van der Waals surface area contributed by atoms with Crippen molar-refractivity contribution in [1.82, 2.24) is 10.2 Å². The summed E-state index contributed by atoms with van der Waals surface area (Å²) in [7, 11) is 0. The van der Waals surface area contributed by atoms with Crippen LogP contribution in [-0.2, 0) is 6.54 Å². The van der Waals surface area contributed by atoms with Crippen LogP contribution >= 0.6 is 0 Å². The van der Waals surface area contributed by atoms with E-state index >= 15 is 0 Å². The van der Waals surface area contributed by atoms with Gasteiger partial charge in [-0.1, -0.05) is 12.1 Å². The molecule has 2 N–H and O–H groups in total. The fraction of sp³-hybridized carbons (Fsp3) is 0.316. The molecule has 1 fully saturated rings. The molecule has 0 spiro atoms. The van der Waals surface area contributed by atoms with Crippen molar-refractivity contribution < 1.29 is 19.0 Å². The molecule has 3 rings (SSSR count). The van der Waals surface area contributed by atoms with Gasteiger partial charge in [-0.3, -0.25) is 0 Å². The molecule has 1 aliphatic rings. The maximum Gasteiger partial charge on any atom is 0.317 e. The molecule has 1 unspecified atom stereocenters. The van der Waals surface area contributed by atoms with Crippen LogP contribution in [0.3, 0.4) is 0 Å². The zero-order valence-electron chi connectivity index (χ0n) is 13.8. The zero-order chi connectivity index (χ0) is 17.6. The number of hydrogen-bond donors (Lipinski definition) is 2. The Morgan fingerprint density at radius 1 is 1.16 bits per heavy atom. The lowest BCUT2D eigenvalue weighted by molar-refractivity contribution is 0.198. The largest absolute Gasteiger partial charge is 0.457 e. The summed E-state index contributed by atoms with van der Waals surface area (Å²) in [6.07, 6.45) is 0.847. The molecule has 2 aromatic rings. The number of rotatable bonds is 5. The SMILES string of the molecule is O=C(NCc1ccc(Oc2ccc(F)cc2)cc1)N1CCC(CO)C1. The van der Waals surface area contributed by atoms with E-state index in [1.807, 2.05) is 24.3 Å². The van der Waals surface area contributed by atoms with Gasteiger partial charge in [0.15, 0.2) is 0 Å². The van der Waals surface area contributed by atoms with Gasteiger partial charge >= 0.3 is 6.03 Å². The number of nitrogens with zero attached hydrogens (tertiary/aromatic N) is 1. The van der Waals surface area contributed by atoms with Crippen LogP contribution in [0.15, 0.2) is 48.5 Å². The highest BCUT2D eigenvalue weighted by atomic mass is 19.1. The monoisotopic (exact) mass is 344 g/mol. The van der Waals surface area contributed by atoms with E-state index in [1.54, 1.807) is 17.0 Å². The van der Waals surface area contributed by atoms with Gasteiger partial charge in [0, 0.05) is 32.2 Å². The Hall–Kier alpha value is -2.60. The van der Waals surface area contributed by atoms with Crippen LogP contribution in [0.2, 0.25) is 0 Å². The molecule has 0 saturated carbocycles. The molecule has 25 heavy (non-hydrogen) atoms. The van der Waals surface area contributed by atoms with Crippen LogP contribution in [-0.4, -0.2) is 35.7 Å². The standard InChI is InChI=1S/C19H21FN2O3/c20-16-3-7-18(8-4-16)25-17-5-1-14(2-6-17)11-21-19(24)22-10-9-15(12-22)13-23/h1-8,15,23H,9-13H2,(H,21,24). The normalized spacial score (nSPS) is 16.7. The average Bonchev–Trinajstić information content (AvgIpc) is 3.12. The number of carbonyl (C=O) groups is 1. The van der Waals surface area contributed by atoms with Crippen molar-refractivity contribution in [3.05, 3.63) is 59.9 Å². The summed E-state index contributed by atoms with van der Waals surface area (Å²) in [4.78, 5) is 13.8. The smallest absolute Gasteiger partial charge is 0.317 e. The van der Waals surface area contributed by atoms with E-state index in [0.29, 0.717) is 31.1 Å². The number of aliphatic hydroxyl groups is 1. The number of benzene rings is 2. The Morgan fingerprint density at radius 3 is 2.40 bits per heavy atom. The van der Waals surface area contributed by atoms with Crippen LogP contribution in [0.1, 0.15) is 12.0 Å². The highest BCUT2D eigenvalue weighted by Gasteiger charge is 2.25. The molecule has 2 aromatic carbocycles. The van der Waals surface area contributed by atoms with Crippen LogP contribution in [0.5, 0.6) is 11.5 Å². The summed E-state index contributed by atoms with van der Waals surface area (Å²) >= 11 is 0. The van der Waals surface area contributed by atoms with Gasteiger partial charge in [0.05, 0.1) is 0 Å². The van der Waals surface area contributed by atoms with Crippen molar-refractivity contribution in [1.29, 1.82) is 0 Å². The minimum absolute atomic E-state index is 0.109. The van der Waals surface area contributed by atoms with Crippen molar-refractivity contribution in [3.8, 4) is 11.5 Å². The van der Waals surface area contributed by atoms with Gasteiger partial charge < -0.3 is 20.1 Å². The Morgan fingerprint density at radius 2 is 1.80 bits per heavy atom. The topological polar surface area (TPSA) is 61.8 Å². The average molecular weight is 344 g/mol. The molecule has 0 radical (unpaired) electrons. The Balaban J connectivity index is 1.49. The van der Waals surface area contributed by atoms with E-state index in [1.165, 1.54) is 12.1 Å². The number of nitrogens with one attached hydrogen (secondary N) is 1. The lowest BCUT2D eigenvalue weighted by Gasteiger charge is -2.17. The maximum absolute atomic E-state index is 12.9. The first kappa shape index (κ1) is 17.2. The molecular weight excluding hydrogens is 323 g/mol. The Kier molecular flexibility index (Phi) is 5.50. The van der Waals surface area contributed by atoms with Crippen LogP contribution in [0, 0.1) is 11.7 Å². The van der Waals surface area contributed by atoms with Gasteiger partial charge in [0.2, 0.25) is 0 Å². The quantitative estimate of drug-likeness (QED) is 0.876. The summed E-state index contributed by atoms with van der Waals surface area (Å²) in [5, 5.41) is 12.0. The molecule has 0 bridgehead atoms. The van der Waals surface area contributed by atoms with E-state index in [0.717, 1.165) is 12.0 Å². The van der Waals surface area contributed by atoms with Gasteiger partial charge in [0.25, 0.3) is 0 Å². The number of likely N-dealkylation sites (tertiary alicyclic amines) is 1. The lowest BCUT2D eigenvalue weighted by Crippen LogP contribution is -2.38. The Labute approximate surface area is 146 Å². The van der Waals surface area contributed by atoms with Crippen molar-refractivity contribution >= 4 is 6.03 Å². The van der Waals surface area contributed by atoms with Crippen molar-refractivity contribution in [2.24, 2.45) is 5.92 Å². The third kappa shape index (κ3) is 4.70. The van der Waals surface area contributed by atoms with Crippen molar-refractivity contribution in [2.75, 3.05) is 19.7 Å². The molecule has 6 heteroatoms.